The quantitative estimate of drug-likeness (QED) is 0.616. The maximum atomic E-state index is 13.4. The highest BCUT2D eigenvalue weighted by atomic mass is 19.4. The number of ether oxygens (including phenoxy) is 1. The molecule has 0 spiro atoms. The summed E-state index contributed by atoms with van der Waals surface area (Å²) in [6.45, 7) is 7.93. The molecule has 1 aromatic heterocycles. The van der Waals surface area contributed by atoms with Crippen molar-refractivity contribution < 1.29 is 27.5 Å². The zero-order valence-electron chi connectivity index (χ0n) is 20.3. The minimum absolute atomic E-state index is 0.0199. The lowest BCUT2D eigenvalue weighted by atomic mass is 9.96. The predicted octanol–water partition coefficient (Wildman–Crippen LogP) is 4.55. The number of pyridine rings is 1. The molecule has 2 aliphatic rings. The van der Waals surface area contributed by atoms with Crippen molar-refractivity contribution in [2.75, 3.05) is 44.2 Å². The summed E-state index contributed by atoms with van der Waals surface area (Å²) in [6.07, 6.45) is -3.54. The van der Waals surface area contributed by atoms with E-state index in [1.54, 1.807) is 54.8 Å². The van der Waals surface area contributed by atoms with Crippen molar-refractivity contribution in [1.29, 1.82) is 0 Å². The van der Waals surface area contributed by atoms with Crippen LogP contribution in [0, 0.1) is 5.92 Å². The summed E-state index contributed by atoms with van der Waals surface area (Å²) >= 11 is 0. The molecule has 4 rings (SSSR count). The molecule has 1 aromatic carbocycles. The number of halogens is 3. The molecule has 0 bridgehead atoms. The first-order chi connectivity index (χ1) is 16.4. The Labute approximate surface area is 202 Å². The Morgan fingerprint density at radius 2 is 1.69 bits per heavy atom. The fourth-order valence-electron chi connectivity index (χ4n) is 4.66. The van der Waals surface area contributed by atoms with Crippen LogP contribution in [0.15, 0.2) is 30.3 Å². The zero-order chi connectivity index (χ0) is 25.4. The standard InChI is InChI=1S/C25H31F3N4O3/c1-24(2,3)35-23(34)32-10-6-7-17(16-32)22(33)31-13-11-30(12-14-31)20-15-21(25(26,27)28)29-19-9-5-4-8-18(19)20/h4-5,8-9,15,17H,6-7,10-14,16H2,1-3H3/t17-/m1/s1. The Bertz CT molecular complexity index is 1090. The lowest BCUT2D eigenvalue weighted by molar-refractivity contribution is -0.141. The number of alkyl halides is 3. The Morgan fingerprint density at radius 3 is 2.34 bits per heavy atom. The molecule has 3 heterocycles. The van der Waals surface area contributed by atoms with Gasteiger partial charge >= 0.3 is 12.3 Å². The van der Waals surface area contributed by atoms with Gasteiger partial charge in [0.1, 0.15) is 11.3 Å². The van der Waals surface area contributed by atoms with Crippen LogP contribution in [0.3, 0.4) is 0 Å². The van der Waals surface area contributed by atoms with Gasteiger partial charge in [-0.1, -0.05) is 18.2 Å². The number of amides is 2. The van der Waals surface area contributed by atoms with E-state index in [0.29, 0.717) is 62.3 Å². The van der Waals surface area contributed by atoms with Gasteiger partial charge in [-0.3, -0.25) is 4.79 Å². The molecule has 1 atom stereocenters. The van der Waals surface area contributed by atoms with Crippen molar-refractivity contribution in [3.05, 3.63) is 36.0 Å². The number of rotatable bonds is 2. The van der Waals surface area contributed by atoms with Gasteiger partial charge in [0.2, 0.25) is 5.91 Å². The number of aromatic nitrogens is 1. The highest BCUT2D eigenvalue weighted by molar-refractivity contribution is 5.92. The fraction of sp³-hybridized carbons (Fsp3) is 0.560. The van der Waals surface area contributed by atoms with Gasteiger partial charge < -0.3 is 19.4 Å². The summed E-state index contributed by atoms with van der Waals surface area (Å²) in [4.78, 5) is 34.7. The number of carbonyl (C=O) groups is 2. The number of hydrogen-bond donors (Lipinski definition) is 0. The van der Waals surface area contributed by atoms with Crippen LogP contribution >= 0.6 is 0 Å². The maximum Gasteiger partial charge on any atom is 0.433 e. The number of carbonyl (C=O) groups excluding carboxylic acids is 2. The third-order valence-electron chi connectivity index (χ3n) is 6.34. The first-order valence-corrected chi connectivity index (χ1v) is 11.9. The maximum absolute atomic E-state index is 13.4. The van der Waals surface area contributed by atoms with Crippen LogP contribution in [-0.2, 0) is 15.7 Å². The average molecular weight is 493 g/mol. The number of anilines is 1. The second-order valence-electron chi connectivity index (χ2n) is 10.1. The van der Waals surface area contributed by atoms with Crippen molar-refractivity contribution in [1.82, 2.24) is 14.8 Å². The molecular formula is C25H31F3N4O3. The minimum atomic E-state index is -4.54. The molecular weight excluding hydrogens is 461 g/mol. The number of benzene rings is 1. The Morgan fingerprint density at radius 1 is 1.00 bits per heavy atom. The summed E-state index contributed by atoms with van der Waals surface area (Å²) in [5, 5.41) is 0.653. The van der Waals surface area contributed by atoms with E-state index >= 15 is 0 Å². The van der Waals surface area contributed by atoms with E-state index in [1.807, 2.05) is 4.90 Å². The van der Waals surface area contributed by atoms with Crippen molar-refractivity contribution in [3.8, 4) is 0 Å². The van der Waals surface area contributed by atoms with Gasteiger partial charge in [-0.05, 0) is 45.7 Å². The number of para-hydroxylation sites is 1. The number of hydrogen-bond acceptors (Lipinski definition) is 5. The Kier molecular flexibility index (Phi) is 6.83. The summed E-state index contributed by atoms with van der Waals surface area (Å²) in [7, 11) is 0. The molecule has 7 nitrogen and oxygen atoms in total. The zero-order valence-corrected chi connectivity index (χ0v) is 20.3. The smallest absolute Gasteiger partial charge is 0.433 e. The molecule has 0 radical (unpaired) electrons. The third-order valence-corrected chi connectivity index (χ3v) is 6.34. The van der Waals surface area contributed by atoms with Gasteiger partial charge in [-0.2, -0.15) is 13.2 Å². The third kappa shape index (κ3) is 5.79. The monoisotopic (exact) mass is 492 g/mol. The molecule has 0 N–H and O–H groups in total. The largest absolute Gasteiger partial charge is 0.444 e. The lowest BCUT2D eigenvalue weighted by Crippen LogP contribution is -2.53. The van der Waals surface area contributed by atoms with Gasteiger partial charge in [-0.15, -0.1) is 0 Å². The predicted molar refractivity (Wildman–Crippen MR) is 126 cm³/mol. The van der Waals surface area contributed by atoms with Crippen molar-refractivity contribution in [2.45, 2.75) is 45.4 Å². The average Bonchev–Trinajstić information content (AvgIpc) is 2.81. The highest BCUT2D eigenvalue weighted by Crippen LogP contribution is 2.35. The van der Waals surface area contributed by atoms with Crippen LogP contribution in [0.4, 0.5) is 23.7 Å². The van der Waals surface area contributed by atoms with Gasteiger partial charge in [0, 0.05) is 50.3 Å². The Hall–Kier alpha value is -3.04. The number of piperidine rings is 1. The highest BCUT2D eigenvalue weighted by Gasteiger charge is 2.36. The first kappa shape index (κ1) is 25.1. The van der Waals surface area contributed by atoms with Gasteiger partial charge in [0.15, 0.2) is 0 Å². The number of nitrogens with zero attached hydrogens (tertiary/aromatic N) is 4. The summed E-state index contributed by atoms with van der Waals surface area (Å²) in [6, 6.07) is 7.89. The van der Waals surface area contributed by atoms with Crippen LogP contribution in [0.2, 0.25) is 0 Å². The van der Waals surface area contributed by atoms with Crippen molar-refractivity contribution >= 4 is 28.6 Å². The second kappa shape index (κ2) is 9.54. The van der Waals surface area contributed by atoms with E-state index in [1.165, 1.54) is 0 Å². The topological polar surface area (TPSA) is 66.0 Å². The molecule has 2 aromatic rings. The Balaban J connectivity index is 1.43. The first-order valence-electron chi connectivity index (χ1n) is 11.9. The van der Waals surface area contributed by atoms with Gasteiger partial charge in [0.25, 0.3) is 0 Å². The van der Waals surface area contributed by atoms with E-state index in [9.17, 15) is 22.8 Å². The van der Waals surface area contributed by atoms with Crippen molar-refractivity contribution in [2.24, 2.45) is 5.92 Å². The molecule has 0 saturated carbocycles. The molecule has 2 aliphatic heterocycles. The van der Waals surface area contributed by atoms with E-state index in [2.05, 4.69) is 4.98 Å². The molecule has 0 unspecified atom stereocenters. The number of fused-ring (bicyclic) bond motifs is 1. The van der Waals surface area contributed by atoms with E-state index in [4.69, 9.17) is 4.74 Å². The van der Waals surface area contributed by atoms with Crippen LogP contribution in [-0.4, -0.2) is 71.7 Å². The molecule has 2 fully saturated rings. The van der Waals surface area contributed by atoms with Crippen LogP contribution < -0.4 is 4.90 Å². The number of piperazine rings is 1. The van der Waals surface area contributed by atoms with Crippen LogP contribution in [0.25, 0.3) is 10.9 Å². The molecule has 0 aliphatic carbocycles. The summed E-state index contributed by atoms with van der Waals surface area (Å²) in [5.41, 5.74) is -0.758. The normalized spacial score (nSPS) is 19.7. The SMILES string of the molecule is CC(C)(C)OC(=O)N1CCC[C@@H](C(=O)N2CCN(c3cc(C(F)(F)F)nc4ccccc34)CC2)C1. The summed E-state index contributed by atoms with van der Waals surface area (Å²) < 4.78 is 45.8. The molecule has 35 heavy (non-hydrogen) atoms. The molecule has 190 valence electrons. The minimum Gasteiger partial charge on any atom is -0.444 e. The van der Waals surface area contributed by atoms with Gasteiger partial charge in [-0.25, -0.2) is 9.78 Å². The van der Waals surface area contributed by atoms with Crippen molar-refractivity contribution in [3.63, 3.8) is 0 Å². The van der Waals surface area contributed by atoms with Crippen LogP contribution in [0.1, 0.15) is 39.3 Å². The van der Waals surface area contributed by atoms with Gasteiger partial charge in [0.05, 0.1) is 11.4 Å². The lowest BCUT2D eigenvalue weighted by Gasteiger charge is -2.40. The number of likely N-dealkylation sites (tertiary alicyclic amines) is 1. The summed E-state index contributed by atoms with van der Waals surface area (Å²) in [5.74, 6) is -0.324. The second-order valence-corrected chi connectivity index (χ2v) is 10.1. The fourth-order valence-corrected chi connectivity index (χ4v) is 4.66. The van der Waals surface area contributed by atoms with Crippen LogP contribution in [0.5, 0.6) is 0 Å². The van der Waals surface area contributed by atoms with E-state index in [-0.39, 0.29) is 11.8 Å². The van der Waals surface area contributed by atoms with E-state index < -0.39 is 23.6 Å². The van der Waals surface area contributed by atoms with E-state index in [0.717, 1.165) is 12.5 Å². The molecule has 2 amide bonds. The molecule has 2 saturated heterocycles. The molecule has 10 heteroatoms.